The summed E-state index contributed by atoms with van der Waals surface area (Å²) >= 11 is 1.83. The van der Waals surface area contributed by atoms with Gasteiger partial charge in [0.05, 0.1) is 0 Å². The average Bonchev–Trinajstić information content (AvgIpc) is 3.25. The van der Waals surface area contributed by atoms with E-state index in [2.05, 4.69) is 27.0 Å². The van der Waals surface area contributed by atoms with E-state index in [0.717, 1.165) is 30.9 Å². The Kier molecular flexibility index (Phi) is 6.62. The predicted molar refractivity (Wildman–Crippen MR) is 122 cm³/mol. The zero-order chi connectivity index (χ0) is 21.6. The first-order valence-electron chi connectivity index (χ1n) is 10.3. The first kappa shape index (κ1) is 21.1. The Hall–Kier alpha value is -3.19. The monoisotopic (exact) mass is 437 g/mol. The van der Waals surface area contributed by atoms with Crippen molar-refractivity contribution in [2.75, 3.05) is 23.3 Å². The van der Waals surface area contributed by atoms with Crippen LogP contribution in [-0.2, 0) is 17.8 Å². The summed E-state index contributed by atoms with van der Waals surface area (Å²) in [6.07, 6.45) is 1.90. The number of fused-ring (bicyclic) bond motifs is 1. The normalized spacial score (nSPS) is 12.9. The highest BCUT2D eigenvalue weighted by Crippen LogP contribution is 2.28. The SMILES string of the molecule is O=C(CCCNC(=O)c1ccc(F)cc1)Nc1ccc(N2CCc3sccc3C2)cc1. The fourth-order valence-electron chi connectivity index (χ4n) is 3.60. The van der Waals surface area contributed by atoms with Gasteiger partial charge in [-0.05, 0) is 78.4 Å². The van der Waals surface area contributed by atoms with Crippen LogP contribution in [0, 0.1) is 5.82 Å². The van der Waals surface area contributed by atoms with Gasteiger partial charge in [0.25, 0.3) is 5.91 Å². The summed E-state index contributed by atoms with van der Waals surface area (Å²) in [5.41, 5.74) is 3.71. The number of carbonyl (C=O) groups excluding carboxylic acids is 2. The molecule has 0 aliphatic carbocycles. The van der Waals surface area contributed by atoms with Gasteiger partial charge < -0.3 is 15.5 Å². The first-order valence-corrected chi connectivity index (χ1v) is 11.2. The van der Waals surface area contributed by atoms with Crippen LogP contribution in [-0.4, -0.2) is 24.9 Å². The lowest BCUT2D eigenvalue weighted by atomic mass is 10.1. The number of halogens is 1. The molecule has 3 aromatic rings. The lowest BCUT2D eigenvalue weighted by Crippen LogP contribution is -2.29. The van der Waals surface area contributed by atoms with Crippen molar-refractivity contribution in [1.29, 1.82) is 0 Å². The molecule has 0 radical (unpaired) electrons. The minimum Gasteiger partial charge on any atom is -0.367 e. The Morgan fingerprint density at radius 3 is 2.58 bits per heavy atom. The van der Waals surface area contributed by atoms with Gasteiger partial charge in [-0.3, -0.25) is 9.59 Å². The minimum absolute atomic E-state index is 0.0929. The molecular weight excluding hydrogens is 413 g/mol. The van der Waals surface area contributed by atoms with Crippen LogP contribution in [0.5, 0.6) is 0 Å². The van der Waals surface area contributed by atoms with E-state index in [1.54, 1.807) is 0 Å². The van der Waals surface area contributed by atoms with Gasteiger partial charge in [0.15, 0.2) is 0 Å². The molecule has 5 nitrogen and oxygen atoms in total. The zero-order valence-corrected chi connectivity index (χ0v) is 17.9. The van der Waals surface area contributed by atoms with E-state index in [1.807, 2.05) is 35.6 Å². The van der Waals surface area contributed by atoms with E-state index >= 15 is 0 Å². The van der Waals surface area contributed by atoms with Crippen LogP contribution in [0.15, 0.2) is 60.0 Å². The average molecular weight is 438 g/mol. The topological polar surface area (TPSA) is 61.4 Å². The number of nitrogens with zero attached hydrogens (tertiary/aromatic N) is 1. The molecule has 0 saturated carbocycles. The van der Waals surface area contributed by atoms with Crippen LogP contribution in [0.4, 0.5) is 15.8 Å². The number of nitrogens with one attached hydrogen (secondary N) is 2. The summed E-state index contributed by atoms with van der Waals surface area (Å²) in [5.74, 6) is -0.748. The van der Waals surface area contributed by atoms with E-state index in [-0.39, 0.29) is 17.6 Å². The molecule has 0 bridgehead atoms. The highest BCUT2D eigenvalue weighted by Gasteiger charge is 2.17. The predicted octanol–water partition coefficient (Wildman–Crippen LogP) is 4.60. The number of rotatable bonds is 7. The second-order valence-electron chi connectivity index (χ2n) is 7.50. The largest absolute Gasteiger partial charge is 0.367 e. The molecule has 2 amide bonds. The van der Waals surface area contributed by atoms with Crippen molar-refractivity contribution in [1.82, 2.24) is 5.32 Å². The number of anilines is 2. The number of hydrogen-bond donors (Lipinski definition) is 2. The van der Waals surface area contributed by atoms with Crippen LogP contribution in [0.25, 0.3) is 0 Å². The highest BCUT2D eigenvalue weighted by atomic mass is 32.1. The summed E-state index contributed by atoms with van der Waals surface area (Å²) < 4.78 is 12.9. The van der Waals surface area contributed by atoms with Gasteiger partial charge in [-0.1, -0.05) is 0 Å². The lowest BCUT2D eigenvalue weighted by Gasteiger charge is -2.29. The number of hydrogen-bond acceptors (Lipinski definition) is 4. The van der Waals surface area contributed by atoms with E-state index in [1.165, 1.54) is 34.7 Å². The summed E-state index contributed by atoms with van der Waals surface area (Å²) in [7, 11) is 0. The summed E-state index contributed by atoms with van der Waals surface area (Å²) in [5, 5.41) is 7.79. The van der Waals surface area contributed by atoms with Crippen molar-refractivity contribution in [3.63, 3.8) is 0 Å². The van der Waals surface area contributed by atoms with Crippen LogP contribution in [0.1, 0.15) is 33.6 Å². The Bertz CT molecular complexity index is 1050. The van der Waals surface area contributed by atoms with E-state index in [9.17, 15) is 14.0 Å². The second kappa shape index (κ2) is 9.75. The number of benzene rings is 2. The smallest absolute Gasteiger partial charge is 0.251 e. The van der Waals surface area contributed by atoms with Crippen LogP contribution < -0.4 is 15.5 Å². The van der Waals surface area contributed by atoms with Crippen LogP contribution >= 0.6 is 11.3 Å². The molecule has 31 heavy (non-hydrogen) atoms. The third-order valence-electron chi connectivity index (χ3n) is 5.30. The van der Waals surface area contributed by atoms with Crippen molar-refractivity contribution in [2.45, 2.75) is 25.8 Å². The van der Waals surface area contributed by atoms with Crippen molar-refractivity contribution in [2.24, 2.45) is 0 Å². The molecular formula is C24H24FN3O2S. The van der Waals surface area contributed by atoms with E-state index < -0.39 is 0 Å². The van der Waals surface area contributed by atoms with Crippen molar-refractivity contribution >= 4 is 34.5 Å². The number of thiophene rings is 1. The number of amides is 2. The van der Waals surface area contributed by atoms with E-state index in [0.29, 0.717) is 24.9 Å². The molecule has 7 heteroatoms. The van der Waals surface area contributed by atoms with Gasteiger partial charge in [0.2, 0.25) is 5.91 Å². The van der Waals surface area contributed by atoms with Gasteiger partial charge in [-0.15, -0.1) is 11.3 Å². The minimum atomic E-state index is -0.381. The Balaban J connectivity index is 1.19. The zero-order valence-electron chi connectivity index (χ0n) is 17.1. The van der Waals surface area contributed by atoms with Gasteiger partial charge in [-0.25, -0.2) is 4.39 Å². The third kappa shape index (κ3) is 5.49. The first-order chi connectivity index (χ1) is 15.1. The molecule has 2 N–H and O–H groups in total. The van der Waals surface area contributed by atoms with Crippen LogP contribution in [0.2, 0.25) is 0 Å². The van der Waals surface area contributed by atoms with E-state index in [4.69, 9.17) is 0 Å². The molecule has 0 saturated heterocycles. The number of carbonyl (C=O) groups is 2. The molecule has 4 rings (SSSR count). The third-order valence-corrected chi connectivity index (χ3v) is 6.32. The standard InChI is InChI=1S/C24H24FN3O2S/c25-19-5-3-17(4-6-19)24(30)26-13-1-2-23(29)27-20-7-9-21(10-8-20)28-14-11-22-18(16-28)12-15-31-22/h3-10,12,15H,1-2,11,13-14,16H2,(H,26,30)(H,27,29). The van der Waals surface area contributed by atoms with Crippen molar-refractivity contribution in [3.8, 4) is 0 Å². The fraction of sp³-hybridized carbons (Fsp3) is 0.250. The summed E-state index contributed by atoms with van der Waals surface area (Å²) in [6.45, 7) is 2.30. The van der Waals surface area contributed by atoms with Crippen molar-refractivity contribution < 1.29 is 14.0 Å². The molecule has 0 atom stereocenters. The molecule has 2 heterocycles. The van der Waals surface area contributed by atoms with Gasteiger partial charge in [-0.2, -0.15) is 0 Å². The van der Waals surface area contributed by atoms with Crippen molar-refractivity contribution in [3.05, 3.63) is 81.8 Å². The highest BCUT2D eigenvalue weighted by molar-refractivity contribution is 7.10. The molecule has 160 valence electrons. The maximum Gasteiger partial charge on any atom is 0.251 e. The Labute approximate surface area is 184 Å². The fourth-order valence-corrected chi connectivity index (χ4v) is 4.49. The Morgan fingerprint density at radius 2 is 1.81 bits per heavy atom. The molecule has 1 aromatic heterocycles. The molecule has 1 aliphatic heterocycles. The van der Waals surface area contributed by atoms with Gasteiger partial charge >= 0.3 is 0 Å². The summed E-state index contributed by atoms with van der Waals surface area (Å²) in [6, 6.07) is 15.5. The molecule has 1 aliphatic rings. The quantitative estimate of drug-likeness (QED) is 0.531. The van der Waals surface area contributed by atoms with Gasteiger partial charge in [0.1, 0.15) is 5.82 Å². The maximum atomic E-state index is 12.9. The van der Waals surface area contributed by atoms with Crippen LogP contribution in [0.3, 0.4) is 0 Å². The molecule has 2 aromatic carbocycles. The Morgan fingerprint density at radius 1 is 1.03 bits per heavy atom. The van der Waals surface area contributed by atoms with Gasteiger partial charge in [0, 0.05) is 47.9 Å². The maximum absolute atomic E-state index is 12.9. The molecule has 0 unspecified atom stereocenters. The lowest BCUT2D eigenvalue weighted by molar-refractivity contribution is -0.116. The molecule has 0 fully saturated rings. The molecule has 0 spiro atoms. The second-order valence-corrected chi connectivity index (χ2v) is 8.50. The summed E-state index contributed by atoms with van der Waals surface area (Å²) in [4.78, 5) is 28.0.